The van der Waals surface area contributed by atoms with Gasteiger partial charge in [0, 0.05) is 19.2 Å². The highest BCUT2D eigenvalue weighted by Crippen LogP contribution is 2.45. The molecule has 3 aliphatic heterocycles. The van der Waals surface area contributed by atoms with Gasteiger partial charge in [-0.25, -0.2) is 4.79 Å². The van der Waals surface area contributed by atoms with Gasteiger partial charge < -0.3 is 19.5 Å². The first-order valence-corrected chi connectivity index (χ1v) is 12.5. The van der Waals surface area contributed by atoms with Crippen LogP contribution in [0.5, 0.6) is 5.75 Å². The van der Waals surface area contributed by atoms with Crippen LogP contribution in [0.15, 0.2) is 42.5 Å². The van der Waals surface area contributed by atoms with Gasteiger partial charge in [-0.1, -0.05) is 44.2 Å². The first-order valence-electron chi connectivity index (χ1n) is 12.5. The summed E-state index contributed by atoms with van der Waals surface area (Å²) in [6.45, 7) is 7.80. The van der Waals surface area contributed by atoms with E-state index in [9.17, 15) is 4.79 Å². The number of piperidine rings is 3. The van der Waals surface area contributed by atoms with Gasteiger partial charge in [-0.3, -0.25) is 4.90 Å². The number of rotatable bonds is 6. The standard InChI is InChI=1S/C28H36N2O4/c1-28(2)13-10-19-8-9-21(22-6-4-5-7-24(22)33-18-32-3)16-23(19)26(28)29-27(31)34-25-17-30-14-11-20(25)12-15-30/h4-9,16,20,25-26H,10-15,17-18H2,1-3H3,(H,29,31)/t25-,26?/m1/s1. The SMILES string of the molecule is COCOc1ccccc1-c1ccc2c(c1)C(NC(=O)O[C@@H]1CN3CCC1CC3)C(C)(C)CC2. The lowest BCUT2D eigenvalue weighted by atomic mass is 9.70. The molecule has 4 aliphatic rings. The molecule has 1 unspecified atom stereocenters. The van der Waals surface area contributed by atoms with Gasteiger partial charge in [-0.15, -0.1) is 0 Å². The second-order valence-electron chi connectivity index (χ2n) is 10.6. The molecule has 182 valence electrons. The minimum atomic E-state index is -0.293. The Morgan fingerprint density at radius 3 is 2.68 bits per heavy atom. The quantitative estimate of drug-likeness (QED) is 0.598. The van der Waals surface area contributed by atoms with E-state index in [1.807, 2.05) is 18.2 Å². The van der Waals surface area contributed by atoms with Crippen molar-refractivity contribution in [1.29, 1.82) is 0 Å². The van der Waals surface area contributed by atoms with Crippen molar-refractivity contribution >= 4 is 6.09 Å². The summed E-state index contributed by atoms with van der Waals surface area (Å²) in [5, 5.41) is 3.27. The predicted octanol–water partition coefficient (Wildman–Crippen LogP) is 5.17. The minimum absolute atomic E-state index is 0.00446. The van der Waals surface area contributed by atoms with Crippen molar-refractivity contribution in [3.8, 4) is 16.9 Å². The molecule has 2 aromatic carbocycles. The first kappa shape index (κ1) is 23.2. The summed E-state index contributed by atoms with van der Waals surface area (Å²) in [6, 6.07) is 14.4. The van der Waals surface area contributed by atoms with Crippen LogP contribution in [0, 0.1) is 11.3 Å². The highest BCUT2D eigenvalue weighted by molar-refractivity contribution is 5.73. The Morgan fingerprint density at radius 1 is 1.15 bits per heavy atom. The van der Waals surface area contributed by atoms with E-state index in [2.05, 4.69) is 48.3 Å². The number of nitrogens with one attached hydrogen (secondary N) is 1. The molecular weight excluding hydrogens is 428 g/mol. The Kier molecular flexibility index (Phi) is 6.54. The van der Waals surface area contributed by atoms with Gasteiger partial charge in [0.25, 0.3) is 0 Å². The summed E-state index contributed by atoms with van der Waals surface area (Å²) in [6.07, 6.45) is 3.98. The van der Waals surface area contributed by atoms with Gasteiger partial charge in [0.2, 0.25) is 0 Å². The van der Waals surface area contributed by atoms with Crippen molar-refractivity contribution in [2.45, 2.75) is 51.7 Å². The molecule has 0 spiro atoms. The van der Waals surface area contributed by atoms with Crippen LogP contribution in [0.25, 0.3) is 11.1 Å². The second-order valence-corrected chi connectivity index (χ2v) is 10.6. The summed E-state index contributed by atoms with van der Waals surface area (Å²) >= 11 is 0. The highest BCUT2D eigenvalue weighted by atomic mass is 16.7. The molecule has 0 radical (unpaired) electrons. The molecule has 6 heteroatoms. The van der Waals surface area contributed by atoms with Gasteiger partial charge >= 0.3 is 6.09 Å². The van der Waals surface area contributed by atoms with Crippen LogP contribution in [-0.4, -0.2) is 50.6 Å². The van der Waals surface area contributed by atoms with Gasteiger partial charge in [-0.05, 0) is 78.9 Å². The number of amides is 1. The fraction of sp³-hybridized carbons (Fsp3) is 0.536. The Morgan fingerprint density at radius 2 is 1.94 bits per heavy atom. The average Bonchev–Trinajstić information content (AvgIpc) is 2.85. The molecule has 0 aromatic heterocycles. The van der Waals surface area contributed by atoms with E-state index in [4.69, 9.17) is 14.2 Å². The number of methoxy groups -OCH3 is 1. The van der Waals surface area contributed by atoms with Crippen LogP contribution < -0.4 is 10.1 Å². The number of ether oxygens (including phenoxy) is 3. The van der Waals surface area contributed by atoms with Crippen LogP contribution in [0.3, 0.4) is 0 Å². The lowest BCUT2D eigenvalue weighted by Crippen LogP contribution is -2.53. The molecular formula is C28H36N2O4. The van der Waals surface area contributed by atoms with E-state index >= 15 is 0 Å². The van der Waals surface area contributed by atoms with Crippen molar-refractivity contribution in [3.05, 3.63) is 53.6 Å². The van der Waals surface area contributed by atoms with Crippen molar-refractivity contribution in [1.82, 2.24) is 10.2 Å². The van der Waals surface area contributed by atoms with Gasteiger partial charge in [-0.2, -0.15) is 0 Å². The van der Waals surface area contributed by atoms with E-state index in [-0.39, 0.29) is 30.4 Å². The summed E-state index contributed by atoms with van der Waals surface area (Å²) in [5.74, 6) is 1.28. The second kappa shape index (κ2) is 9.59. The Bertz CT molecular complexity index is 1030. The number of para-hydroxylation sites is 1. The number of hydrogen-bond acceptors (Lipinski definition) is 5. The molecule has 1 amide bonds. The summed E-state index contributed by atoms with van der Waals surface area (Å²) in [4.78, 5) is 15.5. The van der Waals surface area contributed by atoms with Gasteiger partial charge in [0.05, 0.1) is 6.04 Å². The zero-order valence-corrected chi connectivity index (χ0v) is 20.5. The number of hydrogen-bond donors (Lipinski definition) is 1. The number of carbonyl (C=O) groups is 1. The topological polar surface area (TPSA) is 60.0 Å². The van der Waals surface area contributed by atoms with Crippen LogP contribution in [0.1, 0.15) is 50.3 Å². The third-order valence-corrected chi connectivity index (χ3v) is 7.92. The van der Waals surface area contributed by atoms with Crippen molar-refractivity contribution < 1.29 is 19.0 Å². The third-order valence-electron chi connectivity index (χ3n) is 7.92. The van der Waals surface area contributed by atoms with Crippen LogP contribution in [0.4, 0.5) is 4.79 Å². The lowest BCUT2D eigenvalue weighted by molar-refractivity contribution is -0.0353. The molecule has 0 saturated carbocycles. The van der Waals surface area contributed by atoms with E-state index in [0.717, 1.165) is 62.2 Å². The maximum Gasteiger partial charge on any atom is 0.407 e. The minimum Gasteiger partial charge on any atom is -0.467 e. The molecule has 3 heterocycles. The largest absolute Gasteiger partial charge is 0.467 e. The van der Waals surface area contributed by atoms with Crippen LogP contribution in [0.2, 0.25) is 0 Å². The van der Waals surface area contributed by atoms with Gasteiger partial charge in [0.15, 0.2) is 6.79 Å². The zero-order chi connectivity index (χ0) is 23.7. The van der Waals surface area contributed by atoms with E-state index in [1.54, 1.807) is 7.11 Å². The van der Waals surface area contributed by atoms with Crippen LogP contribution >= 0.6 is 0 Å². The molecule has 6 nitrogen and oxygen atoms in total. The first-order chi connectivity index (χ1) is 16.4. The van der Waals surface area contributed by atoms with Crippen molar-refractivity contribution in [2.24, 2.45) is 11.3 Å². The molecule has 6 rings (SSSR count). The van der Waals surface area contributed by atoms with Crippen molar-refractivity contribution in [3.63, 3.8) is 0 Å². The molecule has 2 atom stereocenters. The Hall–Kier alpha value is -2.57. The number of aryl methyl sites for hydroxylation is 1. The number of carbonyl (C=O) groups excluding carboxylic acids is 1. The molecule has 3 fully saturated rings. The number of nitrogens with zero attached hydrogens (tertiary/aromatic N) is 1. The molecule has 1 N–H and O–H groups in total. The summed E-state index contributed by atoms with van der Waals surface area (Å²) < 4.78 is 16.9. The van der Waals surface area contributed by atoms with E-state index in [1.165, 1.54) is 11.1 Å². The van der Waals surface area contributed by atoms with Gasteiger partial charge in [0.1, 0.15) is 11.9 Å². The Balaban J connectivity index is 1.39. The maximum atomic E-state index is 13.1. The Labute approximate surface area is 202 Å². The zero-order valence-electron chi connectivity index (χ0n) is 20.5. The molecule has 3 saturated heterocycles. The molecule has 1 aliphatic carbocycles. The van der Waals surface area contributed by atoms with E-state index in [0.29, 0.717) is 5.92 Å². The molecule has 2 bridgehead atoms. The van der Waals surface area contributed by atoms with E-state index < -0.39 is 0 Å². The third kappa shape index (κ3) is 4.66. The molecule has 34 heavy (non-hydrogen) atoms. The van der Waals surface area contributed by atoms with Crippen LogP contribution in [-0.2, 0) is 15.9 Å². The monoisotopic (exact) mass is 464 g/mol. The smallest absolute Gasteiger partial charge is 0.407 e. The number of alkyl carbamates (subject to hydrolysis) is 1. The number of benzene rings is 2. The highest BCUT2D eigenvalue weighted by Gasteiger charge is 2.40. The van der Waals surface area contributed by atoms with Crippen molar-refractivity contribution in [2.75, 3.05) is 33.5 Å². The predicted molar refractivity (Wildman–Crippen MR) is 132 cm³/mol. The fourth-order valence-electron chi connectivity index (χ4n) is 5.84. The fourth-order valence-corrected chi connectivity index (χ4v) is 5.84. The summed E-state index contributed by atoms with van der Waals surface area (Å²) in [7, 11) is 1.62. The summed E-state index contributed by atoms with van der Waals surface area (Å²) in [5.41, 5.74) is 4.46. The number of fused-ring (bicyclic) bond motifs is 4. The lowest BCUT2D eigenvalue weighted by Gasteiger charge is -2.44. The maximum absolute atomic E-state index is 13.1. The normalized spacial score (nSPS) is 27.0. The molecule has 2 aromatic rings. The average molecular weight is 465 g/mol.